The summed E-state index contributed by atoms with van der Waals surface area (Å²) in [7, 11) is 0. The summed E-state index contributed by atoms with van der Waals surface area (Å²) >= 11 is 0. The van der Waals surface area contributed by atoms with Crippen LogP contribution in [-0.4, -0.2) is 41.3 Å². The fourth-order valence-electron chi connectivity index (χ4n) is 4.93. The average molecular weight is 455 g/mol. The zero-order valence-corrected chi connectivity index (χ0v) is 18.9. The van der Waals surface area contributed by atoms with Crippen LogP contribution in [0.25, 0.3) is 11.0 Å². The standard InChI is InChI=1S/C26H26N6O2/c1-2-3-14-26(25-28-30-31-29-25)15-13-18(16-20(26)19-9-5-4-6-10-19)17-32-22-12-8-7-11-21(22)27-23(32)24(33)34/h4-13,15-16,20H,2-3,14,17H2,1H3,(H,33,34)(H,28,29,30,31). The zero-order chi connectivity index (χ0) is 23.5. The third-order valence-corrected chi connectivity index (χ3v) is 6.61. The van der Waals surface area contributed by atoms with Gasteiger partial charge < -0.3 is 9.67 Å². The lowest BCUT2D eigenvalue weighted by molar-refractivity contribution is 0.0679. The van der Waals surface area contributed by atoms with Crippen LogP contribution in [-0.2, 0) is 12.0 Å². The van der Waals surface area contributed by atoms with E-state index in [0.717, 1.165) is 41.7 Å². The minimum Gasteiger partial charge on any atom is -0.475 e. The molecule has 0 bridgehead atoms. The van der Waals surface area contributed by atoms with Gasteiger partial charge in [-0.3, -0.25) is 0 Å². The number of aromatic amines is 1. The fourth-order valence-corrected chi connectivity index (χ4v) is 4.93. The Kier molecular flexibility index (Phi) is 5.79. The van der Waals surface area contributed by atoms with Gasteiger partial charge in [0.15, 0.2) is 5.82 Å². The number of tetrazole rings is 1. The molecule has 34 heavy (non-hydrogen) atoms. The second-order valence-electron chi connectivity index (χ2n) is 8.67. The molecule has 0 amide bonds. The number of hydrogen-bond acceptors (Lipinski definition) is 5. The summed E-state index contributed by atoms with van der Waals surface area (Å²) in [6.45, 7) is 2.58. The minimum absolute atomic E-state index is 0.0157. The van der Waals surface area contributed by atoms with Crippen molar-refractivity contribution >= 4 is 17.0 Å². The van der Waals surface area contributed by atoms with Gasteiger partial charge in [0.1, 0.15) is 0 Å². The molecule has 8 nitrogen and oxygen atoms in total. The van der Waals surface area contributed by atoms with E-state index in [9.17, 15) is 9.90 Å². The van der Waals surface area contributed by atoms with Crippen molar-refractivity contribution in [2.75, 3.05) is 0 Å². The summed E-state index contributed by atoms with van der Waals surface area (Å²) in [6, 6.07) is 17.8. The lowest BCUT2D eigenvalue weighted by Crippen LogP contribution is -2.34. The number of carboxylic acids is 1. The van der Waals surface area contributed by atoms with Crippen molar-refractivity contribution in [2.24, 2.45) is 0 Å². The summed E-state index contributed by atoms with van der Waals surface area (Å²) in [6.07, 6.45) is 9.46. The molecule has 0 fully saturated rings. The molecular formula is C26H26N6O2. The molecule has 0 saturated heterocycles. The molecule has 2 atom stereocenters. The number of unbranched alkanes of at least 4 members (excludes halogenated alkanes) is 1. The number of rotatable bonds is 8. The number of aromatic carboxylic acids is 1. The molecule has 1 aliphatic carbocycles. The Balaban J connectivity index is 1.61. The molecule has 172 valence electrons. The van der Waals surface area contributed by atoms with Crippen LogP contribution in [0.5, 0.6) is 0 Å². The van der Waals surface area contributed by atoms with E-state index in [-0.39, 0.29) is 11.7 Å². The Morgan fingerprint density at radius 1 is 1.15 bits per heavy atom. The van der Waals surface area contributed by atoms with Gasteiger partial charge in [-0.1, -0.05) is 80.5 Å². The molecule has 5 rings (SSSR count). The summed E-state index contributed by atoms with van der Waals surface area (Å²) in [5.74, 6) is -0.283. The van der Waals surface area contributed by atoms with Crippen LogP contribution in [0.3, 0.4) is 0 Å². The van der Waals surface area contributed by atoms with E-state index in [1.165, 1.54) is 0 Å². The Morgan fingerprint density at radius 3 is 2.68 bits per heavy atom. The number of nitrogens with zero attached hydrogens (tertiary/aromatic N) is 5. The number of aromatic nitrogens is 6. The molecule has 0 radical (unpaired) electrons. The highest BCUT2D eigenvalue weighted by Gasteiger charge is 2.42. The molecule has 8 heteroatoms. The molecule has 2 heterocycles. The zero-order valence-electron chi connectivity index (χ0n) is 18.9. The number of allylic oxidation sites excluding steroid dienone is 4. The monoisotopic (exact) mass is 454 g/mol. The Morgan fingerprint density at radius 2 is 1.94 bits per heavy atom. The van der Waals surface area contributed by atoms with Crippen molar-refractivity contribution in [3.05, 3.63) is 95.6 Å². The first-order valence-corrected chi connectivity index (χ1v) is 11.5. The molecule has 2 N–H and O–H groups in total. The van der Waals surface area contributed by atoms with Crippen molar-refractivity contribution in [1.29, 1.82) is 0 Å². The normalized spacial score (nSPS) is 19.9. The van der Waals surface area contributed by atoms with Crippen LogP contribution in [0.4, 0.5) is 0 Å². The van der Waals surface area contributed by atoms with Gasteiger partial charge in [-0.15, -0.1) is 5.10 Å². The third kappa shape index (κ3) is 3.81. The SMILES string of the molecule is CCCCC1(c2nnn[nH]2)C=CC(Cn2c(C(=O)O)nc3ccccc32)=CC1c1ccccc1. The van der Waals surface area contributed by atoms with Gasteiger partial charge in [-0.05, 0) is 40.1 Å². The average Bonchev–Trinajstić information content (AvgIpc) is 3.53. The van der Waals surface area contributed by atoms with Gasteiger partial charge in [0, 0.05) is 12.5 Å². The lowest BCUT2D eigenvalue weighted by Gasteiger charge is -2.38. The van der Waals surface area contributed by atoms with Crippen LogP contribution in [0.2, 0.25) is 0 Å². The maximum absolute atomic E-state index is 11.9. The smallest absolute Gasteiger partial charge is 0.372 e. The molecule has 0 aliphatic heterocycles. The number of H-pyrrole nitrogens is 1. The molecule has 2 aromatic carbocycles. The maximum atomic E-state index is 11.9. The maximum Gasteiger partial charge on any atom is 0.372 e. The van der Waals surface area contributed by atoms with Crippen LogP contribution < -0.4 is 0 Å². The molecule has 2 aromatic heterocycles. The van der Waals surface area contributed by atoms with Gasteiger partial charge in [0.05, 0.1) is 16.4 Å². The number of para-hydroxylation sites is 2. The molecule has 0 spiro atoms. The highest BCUT2D eigenvalue weighted by molar-refractivity contribution is 5.89. The molecule has 4 aromatic rings. The Hall–Kier alpha value is -4.07. The van der Waals surface area contributed by atoms with Crippen molar-refractivity contribution < 1.29 is 9.90 Å². The van der Waals surface area contributed by atoms with Gasteiger partial charge in [-0.25, -0.2) is 14.9 Å². The Labute approximate surface area is 197 Å². The number of imidazole rings is 1. The Bertz CT molecular complexity index is 1360. The first-order chi connectivity index (χ1) is 16.6. The highest BCUT2D eigenvalue weighted by atomic mass is 16.4. The van der Waals surface area contributed by atoms with Crippen LogP contribution in [0.15, 0.2) is 78.4 Å². The highest BCUT2D eigenvalue weighted by Crippen LogP contribution is 2.47. The topological polar surface area (TPSA) is 110 Å². The van der Waals surface area contributed by atoms with Gasteiger partial charge in [0.2, 0.25) is 5.82 Å². The van der Waals surface area contributed by atoms with Crippen molar-refractivity contribution in [3.63, 3.8) is 0 Å². The predicted octanol–water partition coefficient (Wildman–Crippen LogP) is 4.66. The van der Waals surface area contributed by atoms with Gasteiger partial charge in [0.25, 0.3) is 0 Å². The first-order valence-electron chi connectivity index (χ1n) is 11.5. The number of carboxylic acid groups (broad SMARTS) is 1. The number of nitrogens with one attached hydrogen (secondary N) is 1. The second kappa shape index (κ2) is 9.05. The van der Waals surface area contributed by atoms with E-state index in [2.05, 4.69) is 62.9 Å². The van der Waals surface area contributed by atoms with E-state index in [4.69, 9.17) is 0 Å². The second-order valence-corrected chi connectivity index (χ2v) is 8.67. The molecular weight excluding hydrogens is 428 g/mol. The lowest BCUT2D eigenvalue weighted by atomic mass is 9.65. The van der Waals surface area contributed by atoms with E-state index in [0.29, 0.717) is 12.1 Å². The van der Waals surface area contributed by atoms with E-state index < -0.39 is 11.4 Å². The van der Waals surface area contributed by atoms with Crippen LogP contribution in [0, 0.1) is 0 Å². The van der Waals surface area contributed by atoms with Crippen molar-refractivity contribution in [1.82, 2.24) is 30.2 Å². The van der Waals surface area contributed by atoms with E-state index in [1.807, 2.05) is 42.5 Å². The van der Waals surface area contributed by atoms with Gasteiger partial charge in [-0.2, -0.15) is 0 Å². The van der Waals surface area contributed by atoms with Crippen LogP contribution in [0.1, 0.15) is 54.1 Å². The first kappa shape index (κ1) is 21.8. The molecule has 1 aliphatic rings. The number of benzene rings is 2. The summed E-state index contributed by atoms with van der Waals surface area (Å²) in [4.78, 5) is 16.3. The number of fused-ring (bicyclic) bond motifs is 1. The number of hydrogen-bond donors (Lipinski definition) is 2. The van der Waals surface area contributed by atoms with E-state index in [1.54, 1.807) is 4.57 Å². The minimum atomic E-state index is -1.04. The molecule has 0 saturated carbocycles. The number of carbonyl (C=O) groups is 1. The summed E-state index contributed by atoms with van der Waals surface area (Å²) in [5, 5.41) is 24.9. The largest absolute Gasteiger partial charge is 0.475 e. The summed E-state index contributed by atoms with van der Waals surface area (Å²) in [5.41, 5.74) is 3.22. The predicted molar refractivity (Wildman–Crippen MR) is 128 cm³/mol. The molecule has 2 unspecified atom stereocenters. The summed E-state index contributed by atoms with van der Waals surface area (Å²) < 4.78 is 1.77. The van der Waals surface area contributed by atoms with Crippen molar-refractivity contribution in [2.45, 2.75) is 44.1 Å². The van der Waals surface area contributed by atoms with Gasteiger partial charge >= 0.3 is 5.97 Å². The van der Waals surface area contributed by atoms with Crippen molar-refractivity contribution in [3.8, 4) is 0 Å². The van der Waals surface area contributed by atoms with E-state index >= 15 is 0 Å². The quantitative estimate of drug-likeness (QED) is 0.401. The third-order valence-electron chi connectivity index (χ3n) is 6.61. The van der Waals surface area contributed by atoms with Crippen LogP contribution >= 0.6 is 0 Å². The fraction of sp³-hybridized carbons (Fsp3) is 0.269.